The van der Waals surface area contributed by atoms with Crippen molar-refractivity contribution in [1.82, 2.24) is 4.90 Å². The molecule has 0 N–H and O–H groups in total. The third-order valence-corrected chi connectivity index (χ3v) is 4.29. The van der Waals surface area contributed by atoms with Crippen LogP contribution in [0.25, 0.3) is 0 Å². The van der Waals surface area contributed by atoms with Gasteiger partial charge in [0, 0.05) is 49.6 Å². The summed E-state index contributed by atoms with van der Waals surface area (Å²) in [7, 11) is 3.40. The van der Waals surface area contributed by atoms with Crippen LogP contribution in [0.15, 0.2) is 18.2 Å². The number of benzene rings is 1. The van der Waals surface area contributed by atoms with Crippen molar-refractivity contribution in [1.29, 1.82) is 0 Å². The summed E-state index contributed by atoms with van der Waals surface area (Å²) in [6, 6.07) is 6.86. The molecule has 1 atom stereocenters. The third kappa shape index (κ3) is 2.50. The van der Waals surface area contributed by atoms with E-state index in [0.29, 0.717) is 0 Å². The minimum absolute atomic E-state index is 0.728. The van der Waals surface area contributed by atoms with Crippen molar-refractivity contribution in [2.24, 2.45) is 0 Å². The summed E-state index contributed by atoms with van der Waals surface area (Å²) in [5, 5.41) is 0. The molecular weight excluding hydrogens is 240 g/mol. The van der Waals surface area contributed by atoms with Gasteiger partial charge in [0.25, 0.3) is 0 Å². The Hall–Kier alpha value is -1.42. The Morgan fingerprint density at radius 2 is 1.74 bits per heavy atom. The highest BCUT2D eigenvalue weighted by Gasteiger charge is 2.30. The zero-order chi connectivity index (χ0) is 13.2. The van der Waals surface area contributed by atoms with Crippen molar-refractivity contribution in [3.05, 3.63) is 18.2 Å². The van der Waals surface area contributed by atoms with Crippen molar-refractivity contribution < 1.29 is 9.47 Å². The maximum Gasteiger partial charge on any atom is 0.124 e. The van der Waals surface area contributed by atoms with Gasteiger partial charge in [-0.1, -0.05) is 0 Å². The molecule has 2 aliphatic heterocycles. The molecule has 0 spiro atoms. The van der Waals surface area contributed by atoms with Gasteiger partial charge in [0.15, 0.2) is 0 Å². The van der Waals surface area contributed by atoms with Crippen molar-refractivity contribution in [3.8, 4) is 11.5 Å². The summed E-state index contributed by atoms with van der Waals surface area (Å²) >= 11 is 0. The summed E-state index contributed by atoms with van der Waals surface area (Å²) in [6.45, 7) is 4.66. The molecule has 2 saturated heterocycles. The Kier molecular flexibility index (Phi) is 3.51. The Labute approximate surface area is 114 Å². The molecule has 0 amide bonds. The topological polar surface area (TPSA) is 24.9 Å². The highest BCUT2D eigenvalue weighted by Crippen LogP contribution is 2.31. The first-order valence-electron chi connectivity index (χ1n) is 7.02. The number of piperazine rings is 1. The van der Waals surface area contributed by atoms with Crippen LogP contribution in [0.3, 0.4) is 0 Å². The smallest absolute Gasteiger partial charge is 0.124 e. The summed E-state index contributed by atoms with van der Waals surface area (Å²) in [6.07, 6.45) is 2.68. The van der Waals surface area contributed by atoms with E-state index in [1.165, 1.54) is 31.6 Å². The minimum Gasteiger partial charge on any atom is -0.497 e. The fourth-order valence-electron chi connectivity index (χ4n) is 3.20. The van der Waals surface area contributed by atoms with Crippen LogP contribution >= 0.6 is 0 Å². The molecule has 2 fully saturated rings. The molecule has 19 heavy (non-hydrogen) atoms. The van der Waals surface area contributed by atoms with Crippen LogP contribution in [0.5, 0.6) is 11.5 Å². The van der Waals surface area contributed by atoms with Crippen LogP contribution in [0, 0.1) is 0 Å². The molecule has 1 aromatic rings. The standard InChI is InChI=1S/C15H22N2O2/c1-18-14-8-13(9-15(10-14)19-2)17-7-6-16-5-3-4-12(16)11-17/h8-10,12H,3-7,11H2,1-2H3. The number of fused-ring (bicyclic) bond motifs is 1. The third-order valence-electron chi connectivity index (χ3n) is 4.29. The Morgan fingerprint density at radius 1 is 1.00 bits per heavy atom. The van der Waals surface area contributed by atoms with E-state index >= 15 is 0 Å². The Morgan fingerprint density at radius 3 is 2.42 bits per heavy atom. The van der Waals surface area contributed by atoms with Crippen molar-refractivity contribution in [3.63, 3.8) is 0 Å². The molecule has 1 unspecified atom stereocenters. The van der Waals surface area contributed by atoms with Crippen LogP contribution in [-0.2, 0) is 0 Å². The maximum atomic E-state index is 5.36. The molecule has 0 radical (unpaired) electrons. The average molecular weight is 262 g/mol. The number of ether oxygens (including phenoxy) is 2. The van der Waals surface area contributed by atoms with E-state index in [4.69, 9.17) is 9.47 Å². The number of anilines is 1. The maximum absolute atomic E-state index is 5.36. The van der Waals surface area contributed by atoms with Crippen molar-refractivity contribution >= 4 is 5.69 Å². The van der Waals surface area contributed by atoms with E-state index in [2.05, 4.69) is 21.9 Å². The minimum atomic E-state index is 0.728. The van der Waals surface area contributed by atoms with E-state index in [1.807, 2.05) is 6.07 Å². The summed E-state index contributed by atoms with van der Waals surface area (Å²) in [5.74, 6) is 1.73. The molecule has 4 nitrogen and oxygen atoms in total. The highest BCUT2D eigenvalue weighted by molar-refractivity contribution is 5.56. The number of hydrogen-bond donors (Lipinski definition) is 0. The van der Waals surface area contributed by atoms with Gasteiger partial charge in [0.1, 0.15) is 11.5 Å². The van der Waals surface area contributed by atoms with Crippen LogP contribution in [0.1, 0.15) is 12.8 Å². The molecule has 0 aliphatic carbocycles. The van der Waals surface area contributed by atoms with Gasteiger partial charge in [-0.05, 0) is 19.4 Å². The molecule has 3 rings (SSSR count). The molecule has 104 valence electrons. The van der Waals surface area contributed by atoms with Gasteiger partial charge < -0.3 is 14.4 Å². The van der Waals surface area contributed by atoms with Crippen LogP contribution in [0.2, 0.25) is 0 Å². The zero-order valence-corrected chi connectivity index (χ0v) is 11.8. The number of hydrogen-bond acceptors (Lipinski definition) is 4. The van der Waals surface area contributed by atoms with E-state index in [0.717, 1.165) is 30.6 Å². The average Bonchev–Trinajstić information content (AvgIpc) is 2.94. The second-order valence-corrected chi connectivity index (χ2v) is 5.35. The van der Waals surface area contributed by atoms with Crippen LogP contribution < -0.4 is 14.4 Å². The number of rotatable bonds is 3. The first-order valence-corrected chi connectivity index (χ1v) is 7.02. The monoisotopic (exact) mass is 262 g/mol. The molecule has 0 bridgehead atoms. The van der Waals surface area contributed by atoms with Gasteiger partial charge >= 0.3 is 0 Å². The van der Waals surface area contributed by atoms with E-state index in [1.54, 1.807) is 14.2 Å². The molecule has 0 saturated carbocycles. The van der Waals surface area contributed by atoms with Gasteiger partial charge in [0.2, 0.25) is 0 Å². The summed E-state index contributed by atoms with van der Waals surface area (Å²) in [5.41, 5.74) is 1.21. The Balaban J connectivity index is 1.81. The highest BCUT2D eigenvalue weighted by atomic mass is 16.5. The Bertz CT molecular complexity index is 428. The zero-order valence-electron chi connectivity index (χ0n) is 11.8. The summed E-state index contributed by atoms with van der Waals surface area (Å²) < 4.78 is 10.7. The predicted octanol–water partition coefficient (Wildman–Crippen LogP) is 1.99. The van der Waals surface area contributed by atoms with Gasteiger partial charge in [-0.15, -0.1) is 0 Å². The van der Waals surface area contributed by atoms with Gasteiger partial charge in [-0.3, -0.25) is 4.90 Å². The SMILES string of the molecule is COc1cc(OC)cc(N2CCN3CCCC3C2)c1. The second kappa shape index (κ2) is 5.29. The first kappa shape index (κ1) is 12.6. The lowest BCUT2D eigenvalue weighted by atomic mass is 10.1. The molecule has 1 aromatic carbocycles. The second-order valence-electron chi connectivity index (χ2n) is 5.35. The fourth-order valence-corrected chi connectivity index (χ4v) is 3.20. The van der Waals surface area contributed by atoms with E-state index in [-0.39, 0.29) is 0 Å². The first-order chi connectivity index (χ1) is 9.30. The van der Waals surface area contributed by atoms with E-state index < -0.39 is 0 Å². The largest absolute Gasteiger partial charge is 0.497 e. The molecule has 0 aromatic heterocycles. The molecule has 2 heterocycles. The lowest BCUT2D eigenvalue weighted by Crippen LogP contribution is -2.50. The summed E-state index contributed by atoms with van der Waals surface area (Å²) in [4.78, 5) is 5.07. The quantitative estimate of drug-likeness (QED) is 0.831. The molecule has 2 aliphatic rings. The number of nitrogens with zero attached hydrogens (tertiary/aromatic N) is 2. The normalized spacial score (nSPS) is 23.3. The predicted molar refractivity (Wildman–Crippen MR) is 76.4 cm³/mol. The van der Waals surface area contributed by atoms with Gasteiger partial charge in [-0.2, -0.15) is 0 Å². The lowest BCUT2D eigenvalue weighted by molar-refractivity contribution is 0.231. The van der Waals surface area contributed by atoms with E-state index in [9.17, 15) is 0 Å². The lowest BCUT2D eigenvalue weighted by Gasteiger charge is -2.39. The fraction of sp³-hybridized carbons (Fsp3) is 0.600. The van der Waals surface area contributed by atoms with Gasteiger partial charge in [0.05, 0.1) is 14.2 Å². The van der Waals surface area contributed by atoms with Crippen molar-refractivity contribution in [2.75, 3.05) is 45.3 Å². The van der Waals surface area contributed by atoms with Crippen LogP contribution in [-0.4, -0.2) is 51.3 Å². The van der Waals surface area contributed by atoms with Crippen molar-refractivity contribution in [2.45, 2.75) is 18.9 Å². The van der Waals surface area contributed by atoms with Gasteiger partial charge in [-0.25, -0.2) is 0 Å². The molecule has 4 heteroatoms. The van der Waals surface area contributed by atoms with Crippen LogP contribution in [0.4, 0.5) is 5.69 Å². The number of methoxy groups -OCH3 is 2. The molecular formula is C15H22N2O2.